The lowest BCUT2D eigenvalue weighted by Crippen LogP contribution is -2.20. The molecule has 0 heterocycles. The van der Waals surface area contributed by atoms with Crippen LogP contribution in [-0.4, -0.2) is 18.4 Å². The van der Waals surface area contributed by atoms with Crippen LogP contribution in [0.5, 0.6) is 5.75 Å². The number of thioether (sulfide) groups is 1. The zero-order valence-electron chi connectivity index (χ0n) is 19.3. The summed E-state index contributed by atoms with van der Waals surface area (Å²) in [6.45, 7) is 1.90. The average Bonchev–Trinajstić information content (AvgIpc) is 2.87. The molecule has 0 aliphatic carbocycles. The highest BCUT2D eigenvalue weighted by Gasteiger charge is 2.22. The van der Waals surface area contributed by atoms with Gasteiger partial charge in [-0.1, -0.05) is 66.7 Å². The summed E-state index contributed by atoms with van der Waals surface area (Å²) in [5.74, 6) is 0.266. The summed E-state index contributed by atoms with van der Waals surface area (Å²) in [5, 5.41) is 5.43. The molecule has 0 fully saturated rings. The largest absolute Gasteiger partial charge is 0.484 e. The minimum Gasteiger partial charge on any atom is -0.484 e. The van der Waals surface area contributed by atoms with E-state index in [1.807, 2.05) is 104 Å². The number of hydrogen-bond acceptors (Lipinski definition) is 4. The Hall–Kier alpha value is -4.03. The summed E-state index contributed by atoms with van der Waals surface area (Å²) in [6, 6.07) is 34.1. The molecule has 0 saturated heterocycles. The van der Waals surface area contributed by atoms with Crippen LogP contribution in [0.3, 0.4) is 0 Å². The van der Waals surface area contributed by atoms with Crippen molar-refractivity contribution in [3.63, 3.8) is 0 Å². The quantitative estimate of drug-likeness (QED) is 0.268. The molecule has 6 heteroatoms. The van der Waals surface area contributed by atoms with Crippen LogP contribution in [0.1, 0.15) is 16.4 Å². The van der Waals surface area contributed by atoms with Gasteiger partial charge in [0.15, 0.2) is 6.61 Å². The maximum absolute atomic E-state index is 13.3. The fraction of sp³-hybridized carbons (Fsp3) is 0.103. The predicted octanol–water partition coefficient (Wildman–Crippen LogP) is 6.48. The Labute approximate surface area is 209 Å². The first-order valence-electron chi connectivity index (χ1n) is 11.2. The number of benzene rings is 4. The van der Waals surface area contributed by atoms with Crippen molar-refractivity contribution < 1.29 is 14.3 Å². The highest BCUT2D eigenvalue weighted by molar-refractivity contribution is 8.00. The molecule has 0 bridgehead atoms. The molecule has 2 N–H and O–H groups in total. The molecule has 4 aromatic rings. The number of rotatable bonds is 9. The van der Waals surface area contributed by atoms with Crippen LogP contribution in [0.15, 0.2) is 114 Å². The van der Waals surface area contributed by atoms with E-state index < -0.39 is 5.25 Å². The summed E-state index contributed by atoms with van der Waals surface area (Å²) in [4.78, 5) is 26.5. The molecule has 0 spiro atoms. The molecule has 4 rings (SSSR count). The molecule has 0 aliphatic heterocycles. The molecule has 5 nitrogen and oxygen atoms in total. The zero-order valence-corrected chi connectivity index (χ0v) is 20.1. The van der Waals surface area contributed by atoms with E-state index in [9.17, 15) is 9.59 Å². The third-order valence-corrected chi connectivity index (χ3v) is 6.36. The van der Waals surface area contributed by atoms with Gasteiger partial charge in [0, 0.05) is 16.3 Å². The van der Waals surface area contributed by atoms with E-state index in [0.717, 1.165) is 21.7 Å². The van der Waals surface area contributed by atoms with Crippen LogP contribution in [0.2, 0.25) is 0 Å². The first-order valence-corrected chi connectivity index (χ1v) is 12.1. The Bertz CT molecular complexity index is 1280. The predicted molar refractivity (Wildman–Crippen MR) is 142 cm³/mol. The zero-order chi connectivity index (χ0) is 24.5. The normalized spacial score (nSPS) is 11.3. The fourth-order valence-corrected chi connectivity index (χ4v) is 4.56. The van der Waals surface area contributed by atoms with Gasteiger partial charge in [-0.05, 0) is 60.5 Å². The summed E-state index contributed by atoms with van der Waals surface area (Å²) in [7, 11) is 0. The van der Waals surface area contributed by atoms with E-state index in [-0.39, 0.29) is 18.4 Å². The minimum atomic E-state index is -0.468. The van der Waals surface area contributed by atoms with Gasteiger partial charge >= 0.3 is 0 Å². The van der Waals surface area contributed by atoms with E-state index in [4.69, 9.17) is 4.74 Å². The summed E-state index contributed by atoms with van der Waals surface area (Å²) >= 11 is 1.43. The lowest BCUT2D eigenvalue weighted by Gasteiger charge is -2.18. The SMILES string of the molecule is Cc1cccc(NC(=O)C(Sc2cccc(NC(=O)COc3ccccc3)c2)c2ccccc2)c1. The number of carbonyl (C=O) groups excluding carboxylic acids is 2. The average molecular weight is 483 g/mol. The Kier molecular flexibility index (Phi) is 8.20. The molecule has 176 valence electrons. The van der Waals surface area contributed by atoms with Crippen molar-refractivity contribution in [2.75, 3.05) is 17.2 Å². The molecule has 0 radical (unpaired) electrons. The molecular weight excluding hydrogens is 456 g/mol. The Morgan fingerprint density at radius 1 is 0.771 bits per heavy atom. The van der Waals surface area contributed by atoms with E-state index in [0.29, 0.717) is 11.4 Å². The second-order valence-electron chi connectivity index (χ2n) is 7.95. The maximum Gasteiger partial charge on any atom is 0.262 e. The summed E-state index contributed by atoms with van der Waals surface area (Å²) < 4.78 is 5.52. The van der Waals surface area contributed by atoms with Gasteiger partial charge in [-0.15, -0.1) is 11.8 Å². The van der Waals surface area contributed by atoms with Crippen LogP contribution in [0.25, 0.3) is 0 Å². The van der Waals surface area contributed by atoms with Crippen molar-refractivity contribution in [3.05, 3.63) is 120 Å². The van der Waals surface area contributed by atoms with E-state index >= 15 is 0 Å². The molecule has 1 unspecified atom stereocenters. The third-order valence-electron chi connectivity index (χ3n) is 5.11. The number of hydrogen-bond donors (Lipinski definition) is 2. The number of amides is 2. The Balaban J connectivity index is 1.45. The molecule has 1 atom stereocenters. The summed E-state index contributed by atoms with van der Waals surface area (Å²) in [6.07, 6.45) is 0. The second-order valence-corrected chi connectivity index (χ2v) is 9.12. The van der Waals surface area contributed by atoms with Gasteiger partial charge in [-0.25, -0.2) is 0 Å². The van der Waals surface area contributed by atoms with Gasteiger partial charge in [-0.2, -0.15) is 0 Å². The highest BCUT2D eigenvalue weighted by Crippen LogP contribution is 2.37. The van der Waals surface area contributed by atoms with Gasteiger partial charge in [-0.3, -0.25) is 9.59 Å². The maximum atomic E-state index is 13.3. The monoisotopic (exact) mass is 482 g/mol. The van der Waals surface area contributed by atoms with Gasteiger partial charge in [0.25, 0.3) is 5.91 Å². The van der Waals surface area contributed by atoms with E-state index in [1.54, 1.807) is 12.1 Å². The van der Waals surface area contributed by atoms with Gasteiger partial charge < -0.3 is 15.4 Å². The van der Waals surface area contributed by atoms with Crippen molar-refractivity contribution in [2.45, 2.75) is 17.1 Å². The number of nitrogens with one attached hydrogen (secondary N) is 2. The van der Waals surface area contributed by atoms with E-state index in [1.165, 1.54) is 11.8 Å². The number of ether oxygens (including phenoxy) is 1. The molecule has 2 amide bonds. The number of carbonyl (C=O) groups is 2. The minimum absolute atomic E-state index is 0.0904. The van der Waals surface area contributed by atoms with Crippen LogP contribution >= 0.6 is 11.8 Å². The van der Waals surface area contributed by atoms with Crippen molar-refractivity contribution in [1.82, 2.24) is 0 Å². The molecule has 35 heavy (non-hydrogen) atoms. The molecule has 0 aliphatic rings. The lowest BCUT2D eigenvalue weighted by atomic mass is 10.1. The van der Waals surface area contributed by atoms with Gasteiger partial charge in [0.2, 0.25) is 5.91 Å². The van der Waals surface area contributed by atoms with Crippen molar-refractivity contribution in [2.24, 2.45) is 0 Å². The summed E-state index contributed by atoms with van der Waals surface area (Å²) in [5.41, 5.74) is 3.37. The molecule has 4 aromatic carbocycles. The first kappa shape index (κ1) is 24.1. The standard InChI is InChI=1S/C29H26N2O3S/c1-21-10-8-13-23(18-21)31-29(33)28(22-11-4-2-5-12-22)35-26-17-9-14-24(19-26)30-27(32)20-34-25-15-6-3-7-16-25/h2-19,28H,20H2,1H3,(H,30,32)(H,31,33). The fourth-order valence-electron chi connectivity index (χ4n) is 3.48. The second kappa shape index (κ2) is 11.9. The number of aryl methyl sites for hydroxylation is 1. The Morgan fingerprint density at radius 3 is 2.14 bits per heavy atom. The molecule has 0 aromatic heterocycles. The van der Waals surface area contributed by atoms with Crippen molar-refractivity contribution >= 4 is 35.0 Å². The number of para-hydroxylation sites is 1. The molecular formula is C29H26N2O3S. The van der Waals surface area contributed by atoms with Crippen molar-refractivity contribution in [1.29, 1.82) is 0 Å². The smallest absolute Gasteiger partial charge is 0.262 e. The first-order chi connectivity index (χ1) is 17.1. The van der Waals surface area contributed by atoms with Crippen LogP contribution < -0.4 is 15.4 Å². The van der Waals surface area contributed by atoms with Gasteiger partial charge in [0.05, 0.1) is 0 Å². The topological polar surface area (TPSA) is 67.4 Å². The van der Waals surface area contributed by atoms with Gasteiger partial charge in [0.1, 0.15) is 11.0 Å². The van der Waals surface area contributed by atoms with Crippen LogP contribution in [-0.2, 0) is 9.59 Å². The van der Waals surface area contributed by atoms with E-state index in [2.05, 4.69) is 10.6 Å². The lowest BCUT2D eigenvalue weighted by molar-refractivity contribution is -0.118. The number of anilines is 2. The van der Waals surface area contributed by atoms with Crippen LogP contribution in [0.4, 0.5) is 11.4 Å². The molecule has 0 saturated carbocycles. The highest BCUT2D eigenvalue weighted by atomic mass is 32.2. The van der Waals surface area contributed by atoms with Crippen LogP contribution in [0, 0.1) is 6.92 Å². The third kappa shape index (κ3) is 7.22. The van der Waals surface area contributed by atoms with Crippen molar-refractivity contribution in [3.8, 4) is 5.75 Å². The Morgan fingerprint density at radius 2 is 1.43 bits per heavy atom.